The van der Waals surface area contributed by atoms with Crippen molar-refractivity contribution in [3.05, 3.63) is 80.7 Å². The first-order valence-corrected chi connectivity index (χ1v) is 12.0. The molecular weight excluding hydrogens is 471 g/mol. The zero-order valence-corrected chi connectivity index (χ0v) is 19.0. The van der Waals surface area contributed by atoms with E-state index in [1.54, 1.807) is 35.2 Å². The molecule has 32 heavy (non-hydrogen) atoms. The lowest BCUT2D eigenvalue weighted by Gasteiger charge is -2.39. The molecule has 1 aliphatic heterocycles. The highest BCUT2D eigenvalue weighted by molar-refractivity contribution is 7.89. The zero-order valence-electron chi connectivity index (χ0n) is 16.7. The van der Waals surface area contributed by atoms with E-state index in [1.807, 2.05) is 0 Å². The van der Waals surface area contributed by atoms with Gasteiger partial charge in [0.15, 0.2) is 5.78 Å². The largest absolute Gasteiger partial charge is 0.384 e. The molecule has 7 nitrogen and oxygen atoms in total. The molecule has 0 saturated carbocycles. The number of primary sulfonamides is 1. The standard InChI is InChI=1S/C22H18Cl2N4O3S/c23-12-4-9-15(17(24)10-12)20-16(11-25)22(26)28(18-2-1-3-19(29)21(18)20)13-5-7-14(8-6-13)32(27,30)31/h4-10,20H,1-3,26H2,(H2,27,30,31). The van der Waals surface area contributed by atoms with Gasteiger partial charge in [-0.1, -0.05) is 29.3 Å². The number of rotatable bonds is 3. The summed E-state index contributed by atoms with van der Waals surface area (Å²) in [6.07, 6.45) is 1.52. The third-order valence-corrected chi connectivity index (χ3v) is 7.10. The number of nitrogens with two attached hydrogens (primary N) is 2. The average molecular weight is 489 g/mol. The van der Waals surface area contributed by atoms with Gasteiger partial charge in [0.25, 0.3) is 0 Å². The Morgan fingerprint density at radius 3 is 2.38 bits per heavy atom. The van der Waals surface area contributed by atoms with Gasteiger partial charge in [0.05, 0.1) is 22.5 Å². The summed E-state index contributed by atoms with van der Waals surface area (Å²) in [5.74, 6) is -0.651. The van der Waals surface area contributed by atoms with Gasteiger partial charge in [0.1, 0.15) is 5.82 Å². The van der Waals surface area contributed by atoms with Crippen LogP contribution in [0.4, 0.5) is 5.69 Å². The number of nitrogens with zero attached hydrogens (tertiary/aromatic N) is 2. The van der Waals surface area contributed by atoms with Crippen LogP contribution in [0.2, 0.25) is 10.0 Å². The fraction of sp³-hybridized carbons (Fsp3) is 0.182. The molecule has 1 heterocycles. The van der Waals surface area contributed by atoms with Crippen LogP contribution in [0.5, 0.6) is 0 Å². The second-order valence-corrected chi connectivity index (χ2v) is 9.93. The highest BCUT2D eigenvalue weighted by atomic mass is 35.5. The average Bonchev–Trinajstić information content (AvgIpc) is 2.73. The number of allylic oxidation sites excluding steroid dienone is 3. The number of ketones is 1. The van der Waals surface area contributed by atoms with E-state index in [-0.39, 0.29) is 22.1 Å². The summed E-state index contributed by atoms with van der Waals surface area (Å²) in [5, 5.41) is 16.0. The molecule has 0 fully saturated rings. The van der Waals surface area contributed by atoms with Crippen molar-refractivity contribution in [3.63, 3.8) is 0 Å². The van der Waals surface area contributed by atoms with Gasteiger partial charge in [-0.2, -0.15) is 5.26 Å². The number of nitriles is 1. The van der Waals surface area contributed by atoms with E-state index in [0.717, 1.165) is 0 Å². The highest BCUT2D eigenvalue weighted by Gasteiger charge is 2.41. The Kier molecular flexibility index (Phi) is 5.77. The van der Waals surface area contributed by atoms with Crippen LogP contribution in [0, 0.1) is 11.3 Å². The van der Waals surface area contributed by atoms with Gasteiger partial charge >= 0.3 is 0 Å². The number of carbonyl (C=O) groups excluding carboxylic acids is 1. The van der Waals surface area contributed by atoms with E-state index in [2.05, 4.69) is 6.07 Å². The first-order chi connectivity index (χ1) is 15.1. The topological polar surface area (TPSA) is 130 Å². The Morgan fingerprint density at radius 1 is 1.09 bits per heavy atom. The molecule has 0 aromatic heterocycles. The maximum Gasteiger partial charge on any atom is 0.238 e. The van der Waals surface area contributed by atoms with Crippen LogP contribution in [0.3, 0.4) is 0 Å². The van der Waals surface area contributed by atoms with Crippen LogP contribution in [-0.4, -0.2) is 14.2 Å². The second kappa shape index (κ2) is 8.26. The number of benzene rings is 2. The summed E-state index contributed by atoms with van der Waals surface area (Å²) in [6.45, 7) is 0. The highest BCUT2D eigenvalue weighted by Crippen LogP contribution is 2.47. The van der Waals surface area contributed by atoms with Crippen LogP contribution in [0.1, 0.15) is 30.7 Å². The van der Waals surface area contributed by atoms with Crippen LogP contribution in [0.25, 0.3) is 0 Å². The van der Waals surface area contributed by atoms with Crippen LogP contribution >= 0.6 is 23.2 Å². The predicted octanol–water partition coefficient (Wildman–Crippen LogP) is 3.95. The van der Waals surface area contributed by atoms with E-state index in [9.17, 15) is 18.5 Å². The third kappa shape index (κ3) is 3.78. The molecule has 2 aromatic carbocycles. The second-order valence-electron chi connectivity index (χ2n) is 7.52. The van der Waals surface area contributed by atoms with Crippen molar-refractivity contribution in [2.75, 3.05) is 4.90 Å². The molecule has 0 bridgehead atoms. The number of carbonyl (C=O) groups is 1. The molecular formula is C22H18Cl2N4O3S. The Bertz CT molecular complexity index is 1340. The summed E-state index contributed by atoms with van der Waals surface area (Å²) in [6, 6.07) is 12.9. The van der Waals surface area contributed by atoms with E-state index in [0.29, 0.717) is 51.8 Å². The van der Waals surface area contributed by atoms with E-state index >= 15 is 0 Å². The molecule has 2 aromatic rings. The minimum Gasteiger partial charge on any atom is -0.384 e. The molecule has 4 N–H and O–H groups in total. The Hall–Kier alpha value is -2.83. The SMILES string of the molecule is N#CC1=C(N)N(c2ccc(S(N)(=O)=O)cc2)C2=C(C(=O)CCC2)C1c1ccc(Cl)cc1Cl. The van der Waals surface area contributed by atoms with Crippen molar-refractivity contribution in [2.45, 2.75) is 30.1 Å². The monoisotopic (exact) mass is 488 g/mol. The number of Topliss-reactive ketones (excluding diaryl/α,β-unsaturated/α-hetero) is 1. The Balaban J connectivity index is 1.94. The van der Waals surface area contributed by atoms with Crippen LogP contribution in [0.15, 0.2) is 70.0 Å². The number of halogens is 2. The van der Waals surface area contributed by atoms with Crippen molar-refractivity contribution in [2.24, 2.45) is 10.9 Å². The molecule has 0 radical (unpaired) electrons. The molecule has 2 aliphatic rings. The van der Waals surface area contributed by atoms with Gasteiger partial charge in [-0.15, -0.1) is 0 Å². The smallest absolute Gasteiger partial charge is 0.238 e. The minimum atomic E-state index is -3.87. The predicted molar refractivity (Wildman–Crippen MR) is 122 cm³/mol. The summed E-state index contributed by atoms with van der Waals surface area (Å²) in [5.41, 5.74) is 8.87. The van der Waals surface area contributed by atoms with Crippen molar-refractivity contribution >= 4 is 44.7 Å². The third-order valence-electron chi connectivity index (χ3n) is 5.61. The first-order valence-electron chi connectivity index (χ1n) is 9.67. The van der Waals surface area contributed by atoms with Gasteiger partial charge in [0.2, 0.25) is 10.0 Å². The van der Waals surface area contributed by atoms with Crippen molar-refractivity contribution in [1.29, 1.82) is 5.26 Å². The fourth-order valence-corrected chi connectivity index (χ4v) is 5.25. The molecule has 1 aliphatic carbocycles. The van der Waals surface area contributed by atoms with Crippen LogP contribution < -0.4 is 15.8 Å². The molecule has 0 spiro atoms. The van der Waals surface area contributed by atoms with Crippen molar-refractivity contribution < 1.29 is 13.2 Å². The lowest BCUT2D eigenvalue weighted by Crippen LogP contribution is -2.38. The zero-order chi connectivity index (χ0) is 23.2. The Labute approximate surface area is 195 Å². The van der Waals surface area contributed by atoms with Crippen LogP contribution in [-0.2, 0) is 14.8 Å². The summed E-state index contributed by atoms with van der Waals surface area (Å²) in [7, 11) is -3.87. The lowest BCUT2D eigenvalue weighted by molar-refractivity contribution is -0.116. The quantitative estimate of drug-likeness (QED) is 0.672. The van der Waals surface area contributed by atoms with Crippen molar-refractivity contribution in [3.8, 4) is 6.07 Å². The van der Waals surface area contributed by atoms with Gasteiger partial charge in [-0.3, -0.25) is 9.69 Å². The van der Waals surface area contributed by atoms with Crippen molar-refractivity contribution in [1.82, 2.24) is 0 Å². The van der Waals surface area contributed by atoms with E-state index in [1.165, 1.54) is 12.1 Å². The summed E-state index contributed by atoms with van der Waals surface area (Å²) in [4.78, 5) is 14.7. The van der Waals surface area contributed by atoms with Gasteiger partial charge in [0, 0.05) is 33.4 Å². The molecule has 1 atom stereocenters. The number of sulfonamides is 1. The lowest BCUT2D eigenvalue weighted by atomic mass is 9.75. The van der Waals surface area contributed by atoms with Gasteiger partial charge in [-0.25, -0.2) is 13.6 Å². The van der Waals surface area contributed by atoms with E-state index < -0.39 is 15.9 Å². The van der Waals surface area contributed by atoms with Gasteiger partial charge in [-0.05, 0) is 54.8 Å². The molecule has 0 amide bonds. The maximum absolute atomic E-state index is 13.1. The number of hydrogen-bond donors (Lipinski definition) is 2. The summed E-state index contributed by atoms with van der Waals surface area (Å²) >= 11 is 12.5. The normalized spacial score (nSPS) is 19.1. The molecule has 4 rings (SSSR count). The molecule has 0 saturated heterocycles. The molecule has 10 heteroatoms. The van der Waals surface area contributed by atoms with E-state index in [4.69, 9.17) is 34.1 Å². The summed E-state index contributed by atoms with van der Waals surface area (Å²) < 4.78 is 23.2. The molecule has 164 valence electrons. The number of hydrogen-bond acceptors (Lipinski definition) is 6. The minimum absolute atomic E-state index is 0.0546. The Morgan fingerprint density at radius 2 is 1.78 bits per heavy atom. The van der Waals surface area contributed by atoms with Gasteiger partial charge < -0.3 is 5.73 Å². The molecule has 1 unspecified atom stereocenters. The fourth-order valence-electron chi connectivity index (χ4n) is 4.21. The maximum atomic E-state index is 13.1. The first kappa shape index (κ1) is 22.4. The number of anilines is 1.